The van der Waals surface area contributed by atoms with E-state index in [1.54, 1.807) is 0 Å². The van der Waals surface area contributed by atoms with Gasteiger partial charge >= 0.3 is 0 Å². The second-order valence-electron chi connectivity index (χ2n) is 6.74. The zero-order valence-corrected chi connectivity index (χ0v) is 13.5. The van der Waals surface area contributed by atoms with Gasteiger partial charge in [0.25, 0.3) is 0 Å². The Morgan fingerprint density at radius 3 is 2.35 bits per heavy atom. The molecule has 1 aliphatic rings. The maximum Gasteiger partial charge on any atom is -0.000718 e. The molecular weight excluding hydrogens is 276 g/mol. The Morgan fingerprint density at radius 1 is 0.652 bits per heavy atom. The molecule has 23 heavy (non-hydrogen) atoms. The first kappa shape index (κ1) is 12.9. The molecule has 0 radical (unpaired) electrons. The van der Waals surface area contributed by atoms with Crippen LogP contribution in [0.3, 0.4) is 0 Å². The molecular formula is C23H18. The van der Waals surface area contributed by atoms with Crippen molar-refractivity contribution in [3.05, 3.63) is 82.9 Å². The van der Waals surface area contributed by atoms with Gasteiger partial charge in [-0.05, 0) is 75.2 Å². The fourth-order valence-corrected chi connectivity index (χ4v) is 4.06. The largest absolute Gasteiger partial charge is 0.0616 e. The van der Waals surface area contributed by atoms with Crippen molar-refractivity contribution >= 4 is 21.5 Å². The monoisotopic (exact) mass is 294 g/mol. The molecule has 4 aromatic carbocycles. The van der Waals surface area contributed by atoms with Crippen LogP contribution in [-0.2, 0) is 6.42 Å². The van der Waals surface area contributed by atoms with Crippen molar-refractivity contribution < 1.29 is 0 Å². The summed E-state index contributed by atoms with van der Waals surface area (Å²) in [5.74, 6) is 0. The van der Waals surface area contributed by atoms with Crippen molar-refractivity contribution in [1.82, 2.24) is 0 Å². The quantitative estimate of drug-likeness (QED) is 0.299. The minimum absolute atomic E-state index is 1.06. The van der Waals surface area contributed by atoms with Crippen molar-refractivity contribution in [1.29, 1.82) is 0 Å². The fraction of sp³-hybridized carbons (Fsp3) is 0.130. The molecule has 1 aliphatic carbocycles. The molecule has 0 saturated carbocycles. The summed E-state index contributed by atoms with van der Waals surface area (Å²) < 4.78 is 0. The highest BCUT2D eigenvalue weighted by Crippen LogP contribution is 2.42. The fourth-order valence-electron chi connectivity index (χ4n) is 4.06. The molecule has 0 bridgehead atoms. The van der Waals surface area contributed by atoms with Gasteiger partial charge in [0.2, 0.25) is 0 Å². The van der Waals surface area contributed by atoms with E-state index in [4.69, 9.17) is 0 Å². The third kappa shape index (κ3) is 1.72. The van der Waals surface area contributed by atoms with E-state index >= 15 is 0 Å². The summed E-state index contributed by atoms with van der Waals surface area (Å²) in [5, 5.41) is 5.47. The predicted octanol–water partition coefficient (Wildman–Crippen LogP) is 6.18. The van der Waals surface area contributed by atoms with Crippen LogP contribution < -0.4 is 0 Å². The van der Waals surface area contributed by atoms with Crippen LogP contribution in [0.4, 0.5) is 0 Å². The van der Waals surface area contributed by atoms with Gasteiger partial charge in [-0.1, -0.05) is 60.7 Å². The summed E-state index contributed by atoms with van der Waals surface area (Å²) in [5.41, 5.74) is 8.60. The molecule has 0 amide bonds. The summed E-state index contributed by atoms with van der Waals surface area (Å²) in [6.07, 6.45) is 1.06. The lowest BCUT2D eigenvalue weighted by atomic mass is 9.95. The number of aryl methyl sites for hydroxylation is 2. The predicted molar refractivity (Wildman–Crippen MR) is 99.2 cm³/mol. The maximum absolute atomic E-state index is 2.37. The van der Waals surface area contributed by atoms with Gasteiger partial charge in [0.1, 0.15) is 0 Å². The molecule has 0 saturated heterocycles. The summed E-state index contributed by atoms with van der Waals surface area (Å²) in [6.45, 7) is 4.42. The summed E-state index contributed by atoms with van der Waals surface area (Å²) in [7, 11) is 0. The molecule has 110 valence electrons. The van der Waals surface area contributed by atoms with Crippen molar-refractivity contribution in [2.24, 2.45) is 0 Å². The number of fused-ring (bicyclic) bond motifs is 7. The summed E-state index contributed by atoms with van der Waals surface area (Å²) >= 11 is 0. The van der Waals surface area contributed by atoms with Crippen LogP contribution in [0.2, 0.25) is 0 Å². The molecule has 0 heterocycles. The minimum atomic E-state index is 1.06. The summed E-state index contributed by atoms with van der Waals surface area (Å²) in [6, 6.07) is 22.6. The van der Waals surface area contributed by atoms with Crippen LogP contribution in [0.15, 0.2) is 60.7 Å². The molecule has 0 unspecified atom stereocenters. The third-order valence-electron chi connectivity index (χ3n) is 5.41. The Bertz CT molecular complexity index is 1100. The first-order chi connectivity index (χ1) is 11.2. The molecule has 0 aromatic heterocycles. The Labute approximate surface area is 136 Å². The zero-order chi connectivity index (χ0) is 15.6. The smallest absolute Gasteiger partial charge is 0.000718 e. The molecule has 0 nitrogen and oxygen atoms in total. The van der Waals surface area contributed by atoms with Gasteiger partial charge in [-0.15, -0.1) is 0 Å². The third-order valence-corrected chi connectivity index (χ3v) is 5.41. The van der Waals surface area contributed by atoms with Gasteiger partial charge in [-0.2, -0.15) is 0 Å². The van der Waals surface area contributed by atoms with Crippen molar-refractivity contribution in [3.8, 4) is 11.1 Å². The highest BCUT2D eigenvalue weighted by molar-refractivity contribution is 6.10. The molecule has 4 aromatic rings. The van der Waals surface area contributed by atoms with E-state index in [1.165, 1.54) is 54.9 Å². The lowest BCUT2D eigenvalue weighted by Gasteiger charge is -2.09. The standard InChI is InChI=1S/C23H18/c1-14-11-17-13-23-20-8-7-16-5-3-4-6-18(16)19(20)9-10-21(23)22(17)12-15(14)2/h3-12H,13H2,1-2H3. The molecule has 0 heteroatoms. The van der Waals surface area contributed by atoms with E-state index in [9.17, 15) is 0 Å². The van der Waals surface area contributed by atoms with Crippen LogP contribution in [-0.4, -0.2) is 0 Å². The average Bonchev–Trinajstić information content (AvgIpc) is 2.92. The molecule has 5 rings (SSSR count). The maximum atomic E-state index is 2.37. The Kier molecular flexibility index (Phi) is 2.50. The van der Waals surface area contributed by atoms with E-state index in [0.717, 1.165) is 6.42 Å². The van der Waals surface area contributed by atoms with Crippen LogP contribution in [0.5, 0.6) is 0 Å². The normalized spacial score (nSPS) is 12.6. The van der Waals surface area contributed by atoms with E-state index in [1.807, 2.05) is 0 Å². The number of hydrogen-bond acceptors (Lipinski definition) is 0. The average molecular weight is 294 g/mol. The Hall–Kier alpha value is -2.60. The highest BCUT2D eigenvalue weighted by Gasteiger charge is 2.21. The van der Waals surface area contributed by atoms with E-state index in [2.05, 4.69) is 74.5 Å². The van der Waals surface area contributed by atoms with Crippen molar-refractivity contribution in [3.63, 3.8) is 0 Å². The lowest BCUT2D eigenvalue weighted by Crippen LogP contribution is -1.86. The molecule has 0 atom stereocenters. The second kappa shape index (κ2) is 4.45. The molecule has 0 fully saturated rings. The van der Waals surface area contributed by atoms with E-state index < -0.39 is 0 Å². The van der Waals surface area contributed by atoms with E-state index in [-0.39, 0.29) is 0 Å². The van der Waals surface area contributed by atoms with Gasteiger partial charge in [-0.3, -0.25) is 0 Å². The van der Waals surface area contributed by atoms with Crippen LogP contribution in [0.25, 0.3) is 32.7 Å². The second-order valence-corrected chi connectivity index (χ2v) is 6.74. The minimum Gasteiger partial charge on any atom is -0.0616 e. The lowest BCUT2D eigenvalue weighted by molar-refractivity contribution is 1.24. The molecule has 0 aliphatic heterocycles. The van der Waals surface area contributed by atoms with Gasteiger partial charge in [0, 0.05) is 0 Å². The van der Waals surface area contributed by atoms with Gasteiger partial charge in [-0.25, -0.2) is 0 Å². The van der Waals surface area contributed by atoms with Crippen molar-refractivity contribution in [2.75, 3.05) is 0 Å². The van der Waals surface area contributed by atoms with Gasteiger partial charge in [0.05, 0.1) is 0 Å². The number of benzene rings is 4. The van der Waals surface area contributed by atoms with Crippen LogP contribution in [0.1, 0.15) is 22.3 Å². The Balaban J connectivity index is 1.86. The SMILES string of the molecule is Cc1cc2c(cc1C)-c1ccc3c(ccc4ccccc43)c1C2. The van der Waals surface area contributed by atoms with E-state index in [0.29, 0.717) is 0 Å². The first-order valence-electron chi connectivity index (χ1n) is 8.26. The number of hydrogen-bond donors (Lipinski definition) is 0. The van der Waals surface area contributed by atoms with Crippen molar-refractivity contribution in [2.45, 2.75) is 20.3 Å². The van der Waals surface area contributed by atoms with Crippen LogP contribution in [0, 0.1) is 13.8 Å². The highest BCUT2D eigenvalue weighted by atomic mass is 14.2. The van der Waals surface area contributed by atoms with Crippen LogP contribution >= 0.6 is 0 Å². The first-order valence-corrected chi connectivity index (χ1v) is 8.26. The summed E-state index contributed by atoms with van der Waals surface area (Å²) in [4.78, 5) is 0. The topological polar surface area (TPSA) is 0 Å². The molecule has 0 spiro atoms. The Morgan fingerprint density at radius 2 is 1.43 bits per heavy atom. The van der Waals surface area contributed by atoms with Gasteiger partial charge in [0.15, 0.2) is 0 Å². The number of rotatable bonds is 0. The van der Waals surface area contributed by atoms with Gasteiger partial charge < -0.3 is 0 Å². The zero-order valence-electron chi connectivity index (χ0n) is 13.5. The molecule has 0 N–H and O–H groups in total.